The highest BCUT2D eigenvalue weighted by molar-refractivity contribution is 5.89. The van der Waals surface area contributed by atoms with Gasteiger partial charge in [-0.3, -0.25) is 0 Å². The number of hydrogen-bond acceptors (Lipinski definition) is 8. The third-order valence-corrected chi connectivity index (χ3v) is 4.92. The molecule has 4 atom stereocenters. The minimum absolute atomic E-state index is 0.00871. The SMILES string of the molecule is O=C(OC[C@@H]1OCO[C@@H]1[C@@H]1OCO[C@@H]1COC(=O)c1ccccc1)c1ccccc1. The highest BCUT2D eigenvalue weighted by atomic mass is 16.8. The zero-order valence-corrected chi connectivity index (χ0v) is 16.2. The van der Waals surface area contributed by atoms with E-state index in [1.807, 2.05) is 12.1 Å². The molecule has 0 amide bonds. The summed E-state index contributed by atoms with van der Waals surface area (Å²) in [6.45, 7) is 0.118. The summed E-state index contributed by atoms with van der Waals surface area (Å²) < 4.78 is 33.2. The van der Waals surface area contributed by atoms with E-state index < -0.39 is 36.4 Å². The molecule has 2 saturated heterocycles. The fraction of sp³-hybridized carbons (Fsp3) is 0.364. The Balaban J connectivity index is 1.31. The van der Waals surface area contributed by atoms with Crippen molar-refractivity contribution in [1.82, 2.24) is 0 Å². The van der Waals surface area contributed by atoms with Crippen LogP contribution in [0.2, 0.25) is 0 Å². The molecule has 2 heterocycles. The monoisotopic (exact) mass is 414 g/mol. The normalized spacial score (nSPS) is 25.7. The van der Waals surface area contributed by atoms with Crippen LogP contribution in [0.1, 0.15) is 20.7 Å². The summed E-state index contributed by atoms with van der Waals surface area (Å²) in [7, 11) is 0. The molecule has 0 aromatic heterocycles. The van der Waals surface area contributed by atoms with Gasteiger partial charge in [-0.15, -0.1) is 0 Å². The van der Waals surface area contributed by atoms with Crippen molar-refractivity contribution in [2.24, 2.45) is 0 Å². The number of esters is 2. The van der Waals surface area contributed by atoms with E-state index >= 15 is 0 Å². The molecule has 0 spiro atoms. The summed E-state index contributed by atoms with van der Waals surface area (Å²) in [6, 6.07) is 17.4. The van der Waals surface area contributed by atoms with E-state index in [2.05, 4.69) is 0 Å². The molecule has 0 radical (unpaired) electrons. The molecule has 8 heteroatoms. The van der Waals surface area contributed by atoms with Gasteiger partial charge in [-0.2, -0.15) is 0 Å². The van der Waals surface area contributed by atoms with Crippen molar-refractivity contribution in [2.45, 2.75) is 24.4 Å². The lowest BCUT2D eigenvalue weighted by Gasteiger charge is -2.25. The van der Waals surface area contributed by atoms with Gasteiger partial charge in [0.2, 0.25) is 0 Å². The lowest BCUT2D eigenvalue weighted by atomic mass is 10.0. The van der Waals surface area contributed by atoms with Crippen molar-refractivity contribution < 1.29 is 38.0 Å². The van der Waals surface area contributed by atoms with Crippen molar-refractivity contribution in [3.05, 3.63) is 71.8 Å². The van der Waals surface area contributed by atoms with Crippen LogP contribution in [0, 0.1) is 0 Å². The average molecular weight is 414 g/mol. The molecule has 0 saturated carbocycles. The van der Waals surface area contributed by atoms with E-state index in [0.717, 1.165) is 0 Å². The minimum Gasteiger partial charge on any atom is -0.459 e. The van der Waals surface area contributed by atoms with Gasteiger partial charge in [0, 0.05) is 0 Å². The molecule has 2 aromatic carbocycles. The molecule has 2 aliphatic heterocycles. The van der Waals surface area contributed by atoms with Crippen molar-refractivity contribution >= 4 is 11.9 Å². The van der Waals surface area contributed by atoms with Crippen molar-refractivity contribution in [2.75, 3.05) is 26.8 Å². The van der Waals surface area contributed by atoms with Gasteiger partial charge in [0.15, 0.2) is 0 Å². The van der Waals surface area contributed by atoms with E-state index in [4.69, 9.17) is 28.4 Å². The second kappa shape index (κ2) is 9.82. The topological polar surface area (TPSA) is 89.5 Å². The van der Waals surface area contributed by atoms with Gasteiger partial charge in [-0.25, -0.2) is 9.59 Å². The zero-order chi connectivity index (χ0) is 20.8. The molecule has 2 aliphatic rings. The maximum Gasteiger partial charge on any atom is 0.338 e. The smallest absolute Gasteiger partial charge is 0.338 e. The first-order valence-corrected chi connectivity index (χ1v) is 9.63. The lowest BCUT2D eigenvalue weighted by molar-refractivity contribution is -0.0418. The fourth-order valence-electron chi connectivity index (χ4n) is 3.34. The van der Waals surface area contributed by atoms with Gasteiger partial charge in [0.1, 0.15) is 51.2 Å². The molecule has 30 heavy (non-hydrogen) atoms. The Morgan fingerprint density at radius 1 is 0.667 bits per heavy atom. The number of rotatable bonds is 7. The number of benzene rings is 2. The van der Waals surface area contributed by atoms with Crippen LogP contribution in [0.15, 0.2) is 60.7 Å². The first-order valence-electron chi connectivity index (χ1n) is 9.63. The van der Waals surface area contributed by atoms with Crippen molar-refractivity contribution in [3.8, 4) is 0 Å². The van der Waals surface area contributed by atoms with Gasteiger partial charge in [-0.1, -0.05) is 36.4 Å². The molecule has 2 fully saturated rings. The predicted molar refractivity (Wildman–Crippen MR) is 103 cm³/mol. The first-order chi connectivity index (χ1) is 14.7. The summed E-state index contributed by atoms with van der Waals surface area (Å²) in [5, 5.41) is 0. The standard InChI is InChI=1S/C22H22O8/c23-21(15-7-3-1-4-8-15)25-11-17-19(29-13-27-17)20-18(28-14-30-20)12-26-22(24)16-9-5-2-6-10-16/h1-10,17-20H,11-14H2/t17-,18+,19-,20+. The van der Waals surface area contributed by atoms with E-state index in [9.17, 15) is 9.59 Å². The summed E-state index contributed by atoms with van der Waals surface area (Å²) in [5.41, 5.74) is 0.915. The predicted octanol–water partition coefficient (Wildman–Crippen LogP) is 2.18. The largest absolute Gasteiger partial charge is 0.459 e. The quantitative estimate of drug-likeness (QED) is 0.637. The van der Waals surface area contributed by atoms with Gasteiger partial charge in [-0.05, 0) is 24.3 Å². The summed E-state index contributed by atoms with van der Waals surface area (Å²) in [6.07, 6.45) is -2.07. The molecule has 8 nitrogen and oxygen atoms in total. The number of hydrogen-bond donors (Lipinski definition) is 0. The van der Waals surface area contributed by atoms with E-state index in [1.165, 1.54) is 0 Å². The molecule has 4 rings (SSSR count). The fourth-order valence-corrected chi connectivity index (χ4v) is 3.34. The first kappa shape index (κ1) is 20.5. The number of ether oxygens (including phenoxy) is 6. The molecule has 0 bridgehead atoms. The Morgan fingerprint density at radius 3 is 1.47 bits per heavy atom. The van der Waals surface area contributed by atoms with Crippen LogP contribution in [0.5, 0.6) is 0 Å². The number of carbonyl (C=O) groups is 2. The lowest BCUT2D eigenvalue weighted by Crippen LogP contribution is -2.45. The molecule has 0 unspecified atom stereocenters. The van der Waals surface area contributed by atoms with Crippen LogP contribution in [0.3, 0.4) is 0 Å². The van der Waals surface area contributed by atoms with Crippen LogP contribution in [0.25, 0.3) is 0 Å². The van der Waals surface area contributed by atoms with Crippen LogP contribution in [-0.4, -0.2) is 63.2 Å². The maximum absolute atomic E-state index is 12.2. The van der Waals surface area contributed by atoms with E-state index in [-0.39, 0.29) is 26.8 Å². The molecular formula is C22H22O8. The highest BCUT2D eigenvalue weighted by Crippen LogP contribution is 2.26. The molecule has 2 aromatic rings. The Kier molecular flexibility index (Phi) is 6.70. The van der Waals surface area contributed by atoms with Gasteiger partial charge in [0.05, 0.1) is 11.1 Å². The highest BCUT2D eigenvalue weighted by Gasteiger charge is 2.45. The van der Waals surface area contributed by atoms with Crippen LogP contribution < -0.4 is 0 Å². The Labute approximate surface area is 173 Å². The molecule has 0 N–H and O–H groups in total. The van der Waals surface area contributed by atoms with E-state index in [0.29, 0.717) is 11.1 Å². The second-order valence-electron chi connectivity index (χ2n) is 6.84. The van der Waals surface area contributed by atoms with Crippen LogP contribution in [-0.2, 0) is 28.4 Å². The average Bonchev–Trinajstić information content (AvgIpc) is 3.45. The summed E-state index contributed by atoms with van der Waals surface area (Å²) in [4.78, 5) is 24.3. The van der Waals surface area contributed by atoms with Crippen LogP contribution in [0.4, 0.5) is 0 Å². The molecule has 0 aliphatic carbocycles. The van der Waals surface area contributed by atoms with Crippen LogP contribution >= 0.6 is 0 Å². The Hall–Kier alpha value is -2.78. The minimum atomic E-state index is -0.517. The third-order valence-electron chi connectivity index (χ3n) is 4.92. The van der Waals surface area contributed by atoms with Gasteiger partial charge >= 0.3 is 11.9 Å². The Bertz CT molecular complexity index is 769. The number of carbonyl (C=O) groups excluding carboxylic acids is 2. The molecule has 158 valence electrons. The van der Waals surface area contributed by atoms with E-state index in [1.54, 1.807) is 48.5 Å². The summed E-state index contributed by atoms with van der Waals surface area (Å²) in [5.74, 6) is -0.886. The molecular weight excluding hydrogens is 392 g/mol. The Morgan fingerprint density at radius 2 is 1.07 bits per heavy atom. The van der Waals surface area contributed by atoms with Gasteiger partial charge < -0.3 is 28.4 Å². The summed E-state index contributed by atoms with van der Waals surface area (Å²) >= 11 is 0. The maximum atomic E-state index is 12.2. The zero-order valence-electron chi connectivity index (χ0n) is 16.2. The second-order valence-corrected chi connectivity index (χ2v) is 6.84. The van der Waals surface area contributed by atoms with Gasteiger partial charge in [0.25, 0.3) is 0 Å². The van der Waals surface area contributed by atoms with Crippen molar-refractivity contribution in [1.29, 1.82) is 0 Å². The van der Waals surface area contributed by atoms with Crippen molar-refractivity contribution in [3.63, 3.8) is 0 Å². The third kappa shape index (κ3) is 4.85.